The Hall–Kier alpha value is -3.33. The number of benzene rings is 2. The highest BCUT2D eigenvalue weighted by Gasteiger charge is 1.96. The molecule has 142 valence electrons. The van der Waals surface area contributed by atoms with E-state index < -0.39 is 0 Å². The quantitative estimate of drug-likeness (QED) is 0.567. The maximum atomic E-state index is 4.45. The van der Waals surface area contributed by atoms with Gasteiger partial charge in [0.1, 0.15) is 0 Å². The first-order valence-electron chi connectivity index (χ1n) is 9.38. The fourth-order valence-corrected chi connectivity index (χ4v) is 2.80. The zero-order chi connectivity index (χ0) is 19.9. The Balaban J connectivity index is 1.69. The molecule has 1 heterocycles. The van der Waals surface area contributed by atoms with Crippen LogP contribution in [0.5, 0.6) is 0 Å². The second kappa shape index (κ2) is 9.05. The van der Waals surface area contributed by atoms with Crippen molar-refractivity contribution in [3.8, 4) is 0 Å². The summed E-state index contributed by atoms with van der Waals surface area (Å²) in [6.07, 6.45) is 10.2. The number of anilines is 2. The minimum absolute atomic E-state index is 0.946. The third-order valence-corrected chi connectivity index (χ3v) is 4.54. The average Bonchev–Trinajstić information content (AvgIpc) is 2.71. The van der Waals surface area contributed by atoms with Crippen LogP contribution in [-0.4, -0.2) is 33.2 Å². The molecule has 2 aromatic carbocycles. The highest BCUT2D eigenvalue weighted by atomic mass is 15.1. The van der Waals surface area contributed by atoms with E-state index in [9.17, 15) is 0 Å². The first-order chi connectivity index (χ1) is 13.5. The van der Waals surface area contributed by atoms with Gasteiger partial charge in [0.2, 0.25) is 0 Å². The summed E-state index contributed by atoms with van der Waals surface area (Å²) in [6.45, 7) is 0. The summed E-state index contributed by atoms with van der Waals surface area (Å²) in [5.74, 6) is 0. The minimum atomic E-state index is 0.946. The lowest BCUT2D eigenvalue weighted by molar-refractivity contribution is 1.13. The van der Waals surface area contributed by atoms with Gasteiger partial charge in [0, 0.05) is 45.8 Å². The first-order valence-corrected chi connectivity index (χ1v) is 9.38. The molecule has 1 aromatic heterocycles. The smallest absolute Gasteiger partial charge is 0.0635 e. The second-order valence-corrected chi connectivity index (χ2v) is 7.15. The molecule has 0 aliphatic carbocycles. The number of hydrogen-bond donors (Lipinski definition) is 0. The zero-order valence-corrected chi connectivity index (χ0v) is 17.0. The Morgan fingerprint density at radius 3 is 1.54 bits per heavy atom. The molecule has 3 nitrogen and oxygen atoms in total. The van der Waals surface area contributed by atoms with Crippen LogP contribution >= 0.6 is 0 Å². The molecule has 0 amide bonds. The predicted molar refractivity (Wildman–Crippen MR) is 124 cm³/mol. The molecule has 3 aromatic rings. The van der Waals surface area contributed by atoms with E-state index in [4.69, 9.17) is 0 Å². The normalized spacial score (nSPS) is 11.3. The van der Waals surface area contributed by atoms with Crippen molar-refractivity contribution < 1.29 is 0 Å². The Morgan fingerprint density at radius 1 is 0.571 bits per heavy atom. The fourth-order valence-electron chi connectivity index (χ4n) is 2.80. The highest BCUT2D eigenvalue weighted by molar-refractivity contribution is 5.73. The van der Waals surface area contributed by atoms with Gasteiger partial charge in [-0.25, -0.2) is 0 Å². The number of rotatable bonds is 6. The van der Waals surface area contributed by atoms with Gasteiger partial charge in [-0.2, -0.15) is 0 Å². The Morgan fingerprint density at radius 2 is 1.04 bits per heavy atom. The van der Waals surface area contributed by atoms with Gasteiger partial charge in [-0.3, -0.25) is 4.98 Å². The van der Waals surface area contributed by atoms with E-state index in [1.165, 1.54) is 16.9 Å². The van der Waals surface area contributed by atoms with Crippen LogP contribution in [0.4, 0.5) is 11.4 Å². The molecular weight excluding hydrogens is 342 g/mol. The lowest BCUT2D eigenvalue weighted by atomic mass is 10.1. The maximum Gasteiger partial charge on any atom is 0.0635 e. The van der Waals surface area contributed by atoms with E-state index in [2.05, 4.69) is 87.6 Å². The lowest BCUT2D eigenvalue weighted by Gasteiger charge is -2.11. The second-order valence-electron chi connectivity index (χ2n) is 7.15. The Bertz CT molecular complexity index is 873. The van der Waals surface area contributed by atoms with E-state index in [1.807, 2.05) is 46.5 Å². The molecule has 0 saturated heterocycles. The predicted octanol–water partition coefficient (Wildman–Crippen LogP) is 5.55. The Kier molecular flexibility index (Phi) is 6.28. The van der Waals surface area contributed by atoms with Gasteiger partial charge < -0.3 is 9.80 Å². The van der Waals surface area contributed by atoms with E-state index in [0.29, 0.717) is 0 Å². The molecule has 0 fully saturated rings. The number of pyridine rings is 1. The zero-order valence-electron chi connectivity index (χ0n) is 17.0. The van der Waals surface area contributed by atoms with Gasteiger partial charge in [-0.05, 0) is 59.2 Å². The molecule has 0 unspecified atom stereocenters. The molecule has 3 rings (SSSR count). The number of hydrogen-bond acceptors (Lipinski definition) is 3. The van der Waals surface area contributed by atoms with Crippen molar-refractivity contribution in [1.82, 2.24) is 4.98 Å². The van der Waals surface area contributed by atoms with Crippen LogP contribution in [0.2, 0.25) is 0 Å². The van der Waals surface area contributed by atoms with Gasteiger partial charge in [0.05, 0.1) is 5.69 Å². The first kappa shape index (κ1) is 19.4. The van der Waals surface area contributed by atoms with Crippen LogP contribution in [0.15, 0.2) is 66.9 Å². The highest BCUT2D eigenvalue weighted by Crippen LogP contribution is 2.16. The van der Waals surface area contributed by atoms with Crippen molar-refractivity contribution >= 4 is 35.7 Å². The van der Waals surface area contributed by atoms with Gasteiger partial charge >= 0.3 is 0 Å². The summed E-state index contributed by atoms with van der Waals surface area (Å²) in [5.41, 5.74) is 6.82. The molecule has 0 bridgehead atoms. The molecule has 0 aliphatic rings. The fraction of sp³-hybridized carbons (Fsp3) is 0.160. The third-order valence-electron chi connectivity index (χ3n) is 4.54. The van der Waals surface area contributed by atoms with Crippen molar-refractivity contribution in [1.29, 1.82) is 0 Å². The van der Waals surface area contributed by atoms with Gasteiger partial charge in [0.15, 0.2) is 0 Å². The summed E-state index contributed by atoms with van der Waals surface area (Å²) >= 11 is 0. The van der Waals surface area contributed by atoms with Crippen LogP contribution in [0, 0.1) is 0 Å². The van der Waals surface area contributed by atoms with Crippen LogP contribution < -0.4 is 9.80 Å². The van der Waals surface area contributed by atoms with Gasteiger partial charge in [-0.15, -0.1) is 0 Å². The van der Waals surface area contributed by atoms with Crippen LogP contribution in [0.3, 0.4) is 0 Å². The summed E-state index contributed by atoms with van der Waals surface area (Å²) in [7, 11) is 8.19. The summed E-state index contributed by atoms with van der Waals surface area (Å²) in [6, 6.07) is 21.1. The SMILES string of the molecule is CN(C)c1ccc(/C=C/c2ccnc(/C=C/c3ccc(N(C)C)cc3)c2)cc1. The van der Waals surface area contributed by atoms with Crippen molar-refractivity contribution in [2.75, 3.05) is 38.0 Å². The van der Waals surface area contributed by atoms with Crippen LogP contribution in [0.1, 0.15) is 22.4 Å². The topological polar surface area (TPSA) is 19.4 Å². The molecule has 28 heavy (non-hydrogen) atoms. The van der Waals surface area contributed by atoms with Crippen LogP contribution in [-0.2, 0) is 0 Å². The number of nitrogens with zero attached hydrogens (tertiary/aromatic N) is 3. The maximum absolute atomic E-state index is 4.45. The van der Waals surface area contributed by atoms with Crippen molar-refractivity contribution in [2.24, 2.45) is 0 Å². The van der Waals surface area contributed by atoms with Crippen molar-refractivity contribution in [2.45, 2.75) is 0 Å². The molecule has 0 N–H and O–H groups in total. The molecule has 0 radical (unpaired) electrons. The molecule has 3 heteroatoms. The standard InChI is InChI=1S/C25H27N3/c1-27(2)24-13-8-20(9-14-24)5-6-22-17-18-26-23(19-22)12-7-21-10-15-25(16-11-21)28(3)4/h5-19H,1-4H3/b6-5+,12-7+. The number of aromatic nitrogens is 1. The van der Waals surface area contributed by atoms with Crippen LogP contribution in [0.25, 0.3) is 24.3 Å². The molecule has 0 aliphatic heterocycles. The largest absolute Gasteiger partial charge is 0.378 e. The summed E-state index contributed by atoms with van der Waals surface area (Å²) in [4.78, 5) is 8.65. The third kappa shape index (κ3) is 5.34. The van der Waals surface area contributed by atoms with E-state index in [-0.39, 0.29) is 0 Å². The van der Waals surface area contributed by atoms with E-state index >= 15 is 0 Å². The van der Waals surface area contributed by atoms with Crippen molar-refractivity contribution in [3.63, 3.8) is 0 Å². The van der Waals surface area contributed by atoms with Crippen molar-refractivity contribution in [3.05, 3.63) is 89.2 Å². The molecule has 0 spiro atoms. The monoisotopic (exact) mass is 369 g/mol. The molecule has 0 atom stereocenters. The average molecular weight is 370 g/mol. The minimum Gasteiger partial charge on any atom is -0.378 e. The lowest BCUT2D eigenvalue weighted by Crippen LogP contribution is -2.07. The summed E-state index contributed by atoms with van der Waals surface area (Å²) < 4.78 is 0. The Labute approximate surface area is 168 Å². The molecular formula is C25H27N3. The van der Waals surface area contributed by atoms with E-state index in [0.717, 1.165) is 16.8 Å². The van der Waals surface area contributed by atoms with Gasteiger partial charge in [-0.1, -0.05) is 42.5 Å². The van der Waals surface area contributed by atoms with E-state index in [1.54, 1.807) is 0 Å². The van der Waals surface area contributed by atoms with Gasteiger partial charge in [0.25, 0.3) is 0 Å². The molecule has 0 saturated carbocycles. The summed E-state index contributed by atoms with van der Waals surface area (Å²) in [5, 5.41) is 0.